The summed E-state index contributed by atoms with van der Waals surface area (Å²) in [6.45, 7) is -0.966. The number of alkyl halides is 1. The van der Waals surface area contributed by atoms with Crippen LogP contribution in [0.1, 0.15) is 10.4 Å². The van der Waals surface area contributed by atoms with Gasteiger partial charge in [0.1, 0.15) is 5.75 Å². The van der Waals surface area contributed by atoms with Crippen LogP contribution in [0.5, 0.6) is 5.75 Å². The lowest BCUT2D eigenvalue weighted by molar-refractivity contribution is 0.0955. The highest BCUT2D eigenvalue weighted by atomic mass is 79.9. The van der Waals surface area contributed by atoms with E-state index in [1.54, 1.807) is 18.2 Å². The number of nitrogens with one attached hydrogen (secondary N) is 1. The van der Waals surface area contributed by atoms with E-state index in [2.05, 4.69) is 21.2 Å². The minimum Gasteiger partial charge on any atom is -0.461 e. The molecule has 1 aromatic rings. The summed E-state index contributed by atoms with van der Waals surface area (Å²) in [6.07, 6.45) is 0. The molecule has 1 amide bonds. The quantitative estimate of drug-likeness (QED) is 0.906. The summed E-state index contributed by atoms with van der Waals surface area (Å²) in [5, 5.41) is 2.45. The molecule has 14 heavy (non-hydrogen) atoms. The van der Waals surface area contributed by atoms with Crippen LogP contribution in [0.2, 0.25) is 0 Å². The monoisotopic (exact) mass is 261 g/mol. The van der Waals surface area contributed by atoms with E-state index in [1.807, 2.05) is 0 Å². The summed E-state index contributed by atoms with van der Waals surface area (Å²) in [4.78, 5) is 11.3. The summed E-state index contributed by atoms with van der Waals surface area (Å²) in [5.74, 6) is -0.0934. The van der Waals surface area contributed by atoms with Crippen molar-refractivity contribution >= 4 is 21.8 Å². The van der Waals surface area contributed by atoms with Crippen LogP contribution in [0.25, 0.3) is 0 Å². The number of para-hydroxylation sites is 1. The molecule has 0 radical (unpaired) electrons. The summed E-state index contributed by atoms with van der Waals surface area (Å²) >= 11 is 3.17. The van der Waals surface area contributed by atoms with Gasteiger partial charge in [0, 0.05) is 7.05 Å². The average molecular weight is 262 g/mol. The van der Waals surface area contributed by atoms with E-state index in [1.165, 1.54) is 7.05 Å². The largest absolute Gasteiger partial charge is 0.461 e. The summed E-state index contributed by atoms with van der Waals surface area (Å²) in [7, 11) is 1.50. The molecule has 0 saturated carbocycles. The Balaban J connectivity index is 3.13. The third-order valence-corrected chi connectivity index (χ3v) is 2.26. The zero-order chi connectivity index (χ0) is 10.6. The number of rotatable bonds is 3. The lowest BCUT2D eigenvalue weighted by Gasteiger charge is -2.09. The van der Waals surface area contributed by atoms with Gasteiger partial charge in [-0.25, -0.2) is 4.39 Å². The van der Waals surface area contributed by atoms with Crippen molar-refractivity contribution in [1.29, 1.82) is 0 Å². The Bertz CT molecular complexity index is 344. The SMILES string of the molecule is CNC(=O)c1cccc(Br)c1OCF. The maximum Gasteiger partial charge on any atom is 0.254 e. The van der Waals surface area contributed by atoms with Gasteiger partial charge in [-0.05, 0) is 28.1 Å². The predicted molar refractivity (Wildman–Crippen MR) is 54.1 cm³/mol. The number of hydrogen-bond acceptors (Lipinski definition) is 2. The van der Waals surface area contributed by atoms with Gasteiger partial charge in [-0.2, -0.15) is 0 Å². The van der Waals surface area contributed by atoms with Crippen molar-refractivity contribution in [3.05, 3.63) is 28.2 Å². The topological polar surface area (TPSA) is 38.3 Å². The standard InChI is InChI=1S/C9H9BrFNO2/c1-12-9(13)6-3-2-4-7(10)8(6)14-5-11/h2-4H,5H2,1H3,(H,12,13). The van der Waals surface area contributed by atoms with Gasteiger partial charge in [0.15, 0.2) is 0 Å². The molecule has 0 heterocycles. The minimum atomic E-state index is -0.966. The van der Waals surface area contributed by atoms with Gasteiger partial charge in [0.05, 0.1) is 10.0 Å². The average Bonchev–Trinajstić information content (AvgIpc) is 2.20. The van der Waals surface area contributed by atoms with Gasteiger partial charge in [0.25, 0.3) is 5.91 Å². The van der Waals surface area contributed by atoms with E-state index >= 15 is 0 Å². The second kappa shape index (κ2) is 4.95. The van der Waals surface area contributed by atoms with Crippen LogP contribution in [0.15, 0.2) is 22.7 Å². The highest BCUT2D eigenvalue weighted by Gasteiger charge is 2.13. The Hall–Kier alpha value is -1.10. The molecule has 3 nitrogen and oxygen atoms in total. The number of hydrogen-bond donors (Lipinski definition) is 1. The highest BCUT2D eigenvalue weighted by Crippen LogP contribution is 2.28. The number of carbonyl (C=O) groups is 1. The van der Waals surface area contributed by atoms with Crippen LogP contribution in [-0.4, -0.2) is 19.8 Å². The minimum absolute atomic E-state index is 0.217. The lowest BCUT2D eigenvalue weighted by Crippen LogP contribution is -2.18. The second-order valence-corrected chi connectivity index (χ2v) is 3.30. The lowest BCUT2D eigenvalue weighted by atomic mass is 10.2. The van der Waals surface area contributed by atoms with Crippen molar-refractivity contribution in [2.75, 3.05) is 13.9 Å². The normalized spacial score (nSPS) is 9.64. The van der Waals surface area contributed by atoms with Gasteiger partial charge in [0.2, 0.25) is 6.86 Å². The Morgan fingerprint density at radius 3 is 2.93 bits per heavy atom. The Kier molecular flexibility index (Phi) is 3.88. The molecule has 0 unspecified atom stereocenters. The Morgan fingerprint density at radius 2 is 2.36 bits per heavy atom. The van der Waals surface area contributed by atoms with Crippen molar-refractivity contribution in [2.45, 2.75) is 0 Å². The van der Waals surface area contributed by atoms with E-state index < -0.39 is 6.86 Å². The molecule has 0 bridgehead atoms. The number of halogens is 2. The van der Waals surface area contributed by atoms with E-state index in [0.29, 0.717) is 10.0 Å². The third-order valence-electron chi connectivity index (χ3n) is 1.64. The van der Waals surface area contributed by atoms with Gasteiger partial charge < -0.3 is 10.1 Å². The number of carbonyl (C=O) groups excluding carboxylic acids is 1. The molecular formula is C9H9BrFNO2. The molecule has 5 heteroatoms. The molecular weight excluding hydrogens is 253 g/mol. The van der Waals surface area contributed by atoms with E-state index in [-0.39, 0.29) is 11.7 Å². The molecule has 0 saturated heterocycles. The molecule has 0 aliphatic carbocycles. The molecule has 0 atom stereocenters. The second-order valence-electron chi connectivity index (χ2n) is 2.45. The third kappa shape index (κ3) is 2.23. The molecule has 0 fully saturated rings. The fraction of sp³-hybridized carbons (Fsp3) is 0.222. The van der Waals surface area contributed by atoms with Crippen LogP contribution >= 0.6 is 15.9 Å². The van der Waals surface area contributed by atoms with Crippen molar-refractivity contribution in [2.24, 2.45) is 0 Å². The fourth-order valence-corrected chi connectivity index (χ4v) is 1.50. The first kappa shape index (κ1) is 11.0. The molecule has 0 aliphatic rings. The van der Waals surface area contributed by atoms with Crippen LogP contribution in [0.3, 0.4) is 0 Å². The van der Waals surface area contributed by atoms with Crippen molar-refractivity contribution < 1.29 is 13.9 Å². The summed E-state index contributed by atoms with van der Waals surface area (Å²) in [5.41, 5.74) is 0.305. The van der Waals surface area contributed by atoms with Crippen LogP contribution in [0.4, 0.5) is 4.39 Å². The smallest absolute Gasteiger partial charge is 0.254 e. The van der Waals surface area contributed by atoms with Crippen molar-refractivity contribution in [3.63, 3.8) is 0 Å². The number of amides is 1. The van der Waals surface area contributed by atoms with Gasteiger partial charge in [-0.15, -0.1) is 0 Å². The van der Waals surface area contributed by atoms with Crippen molar-refractivity contribution in [3.8, 4) is 5.75 Å². The fourth-order valence-electron chi connectivity index (χ4n) is 1.02. The first-order valence-electron chi connectivity index (χ1n) is 3.90. The highest BCUT2D eigenvalue weighted by molar-refractivity contribution is 9.10. The molecule has 1 N–H and O–H groups in total. The molecule has 76 valence electrons. The van der Waals surface area contributed by atoms with Crippen LogP contribution in [-0.2, 0) is 0 Å². The first-order valence-corrected chi connectivity index (χ1v) is 4.69. The summed E-state index contributed by atoms with van der Waals surface area (Å²) < 4.78 is 17.3. The van der Waals surface area contributed by atoms with Gasteiger partial charge in [-0.1, -0.05) is 6.07 Å². The molecule has 0 aromatic heterocycles. The Labute approximate surface area is 89.4 Å². The van der Waals surface area contributed by atoms with Gasteiger partial charge >= 0.3 is 0 Å². The van der Waals surface area contributed by atoms with Gasteiger partial charge in [-0.3, -0.25) is 4.79 Å². The van der Waals surface area contributed by atoms with Crippen molar-refractivity contribution in [1.82, 2.24) is 5.32 Å². The molecule has 0 spiro atoms. The summed E-state index contributed by atoms with van der Waals surface area (Å²) in [6, 6.07) is 4.92. The van der Waals surface area contributed by atoms with E-state index in [9.17, 15) is 9.18 Å². The first-order chi connectivity index (χ1) is 6.70. The predicted octanol–water partition coefficient (Wildman–Crippen LogP) is 2.11. The van der Waals surface area contributed by atoms with Crippen LogP contribution in [0, 0.1) is 0 Å². The number of benzene rings is 1. The van der Waals surface area contributed by atoms with E-state index in [4.69, 9.17) is 4.74 Å². The molecule has 1 aromatic carbocycles. The van der Waals surface area contributed by atoms with E-state index in [0.717, 1.165) is 0 Å². The zero-order valence-electron chi connectivity index (χ0n) is 7.51. The molecule has 1 rings (SSSR count). The maximum atomic E-state index is 12.0. The zero-order valence-corrected chi connectivity index (χ0v) is 9.10. The van der Waals surface area contributed by atoms with Crippen LogP contribution < -0.4 is 10.1 Å². The number of ether oxygens (including phenoxy) is 1. The Morgan fingerprint density at radius 1 is 1.64 bits per heavy atom. The maximum absolute atomic E-state index is 12.0. The molecule has 0 aliphatic heterocycles.